The van der Waals surface area contributed by atoms with Crippen molar-refractivity contribution in [3.8, 4) is 0 Å². The molecular weight excluding hydrogens is 272 g/mol. The summed E-state index contributed by atoms with van der Waals surface area (Å²) < 4.78 is 24.7. The van der Waals surface area contributed by atoms with Crippen LogP contribution in [0.4, 0.5) is 5.69 Å². The summed E-state index contributed by atoms with van der Waals surface area (Å²) in [5.41, 5.74) is -0.243. The smallest absolute Gasteiger partial charge is 0.269 e. The van der Waals surface area contributed by atoms with Gasteiger partial charge >= 0.3 is 0 Å². The quantitative estimate of drug-likeness (QED) is 0.494. The molecule has 0 heterocycles. The zero-order valence-electron chi connectivity index (χ0n) is 8.29. The number of amides is 1. The molecule has 0 fully saturated rings. The summed E-state index contributed by atoms with van der Waals surface area (Å²) in [6, 6.07) is 4.11. The van der Waals surface area contributed by atoms with Crippen molar-refractivity contribution in [2.45, 2.75) is 4.90 Å². The molecule has 0 unspecified atom stereocenters. The van der Waals surface area contributed by atoms with Crippen molar-refractivity contribution < 1.29 is 18.1 Å². The Morgan fingerprint density at radius 3 is 2.29 bits per heavy atom. The van der Waals surface area contributed by atoms with Crippen molar-refractivity contribution in [2.75, 3.05) is 5.88 Å². The van der Waals surface area contributed by atoms with Gasteiger partial charge in [0.2, 0.25) is 5.91 Å². The van der Waals surface area contributed by atoms with E-state index >= 15 is 0 Å². The van der Waals surface area contributed by atoms with Crippen molar-refractivity contribution in [3.05, 3.63) is 34.4 Å². The minimum Gasteiger partial charge on any atom is -0.273 e. The van der Waals surface area contributed by atoms with E-state index in [0.717, 1.165) is 24.3 Å². The van der Waals surface area contributed by atoms with Crippen LogP contribution in [0.15, 0.2) is 29.2 Å². The number of rotatable bonds is 4. The van der Waals surface area contributed by atoms with Crippen LogP contribution in [0.5, 0.6) is 0 Å². The zero-order chi connectivity index (χ0) is 13.1. The van der Waals surface area contributed by atoms with Crippen LogP contribution in [-0.4, -0.2) is 25.1 Å². The van der Waals surface area contributed by atoms with Crippen molar-refractivity contribution in [1.82, 2.24) is 4.72 Å². The van der Waals surface area contributed by atoms with Crippen LogP contribution < -0.4 is 4.72 Å². The van der Waals surface area contributed by atoms with Crippen LogP contribution in [0.1, 0.15) is 0 Å². The van der Waals surface area contributed by atoms with Gasteiger partial charge in [0.1, 0.15) is 5.88 Å². The van der Waals surface area contributed by atoms with E-state index in [1.807, 2.05) is 0 Å². The molecular formula is C8H7ClN2O5S. The maximum atomic E-state index is 11.5. The van der Waals surface area contributed by atoms with Gasteiger partial charge in [-0.15, -0.1) is 11.6 Å². The molecule has 0 bridgehead atoms. The van der Waals surface area contributed by atoms with E-state index < -0.39 is 26.7 Å². The molecule has 0 saturated heterocycles. The number of nitro benzene ring substituents is 1. The molecule has 0 aromatic heterocycles. The highest BCUT2D eigenvalue weighted by Crippen LogP contribution is 2.15. The second kappa shape index (κ2) is 5.11. The molecule has 1 aromatic rings. The van der Waals surface area contributed by atoms with Gasteiger partial charge in [-0.2, -0.15) is 0 Å². The van der Waals surface area contributed by atoms with E-state index in [-0.39, 0.29) is 10.6 Å². The topological polar surface area (TPSA) is 106 Å². The lowest BCUT2D eigenvalue weighted by Crippen LogP contribution is -2.31. The Morgan fingerprint density at radius 2 is 1.88 bits per heavy atom. The summed E-state index contributed by atoms with van der Waals surface area (Å²) in [5, 5.41) is 10.4. The lowest BCUT2D eigenvalue weighted by atomic mass is 10.3. The molecule has 0 saturated carbocycles. The normalized spacial score (nSPS) is 10.9. The van der Waals surface area contributed by atoms with Crippen LogP contribution in [0.25, 0.3) is 0 Å². The standard InChI is InChI=1S/C8H7ClN2O5S/c9-5-8(12)10-17(15,16)7-3-1-6(2-4-7)11(13)14/h1-4H,5H2,(H,10,12). The Kier molecular flexibility index (Phi) is 4.02. The number of hydrogen-bond acceptors (Lipinski definition) is 5. The molecule has 1 amide bonds. The van der Waals surface area contributed by atoms with Crippen molar-refractivity contribution in [1.29, 1.82) is 0 Å². The summed E-state index contributed by atoms with van der Waals surface area (Å²) in [5.74, 6) is -1.36. The fraction of sp³-hybridized carbons (Fsp3) is 0.125. The van der Waals surface area contributed by atoms with Crippen molar-refractivity contribution in [2.24, 2.45) is 0 Å². The number of sulfonamides is 1. The number of nitrogens with one attached hydrogen (secondary N) is 1. The minimum absolute atomic E-state index is 0.243. The number of nitro groups is 1. The highest BCUT2D eigenvalue weighted by Gasteiger charge is 2.17. The van der Waals surface area contributed by atoms with Gasteiger partial charge in [0, 0.05) is 12.1 Å². The Labute approximate surface area is 102 Å². The third kappa shape index (κ3) is 3.40. The number of non-ortho nitro benzene ring substituents is 1. The number of carbonyl (C=O) groups is 1. The molecule has 9 heteroatoms. The molecule has 0 aliphatic heterocycles. The molecule has 7 nitrogen and oxygen atoms in total. The summed E-state index contributed by atoms with van der Waals surface area (Å²) in [7, 11) is -4.02. The van der Waals surface area contributed by atoms with Crippen molar-refractivity contribution in [3.63, 3.8) is 0 Å². The first-order valence-corrected chi connectivity index (χ1v) is 6.24. The van der Waals surface area contributed by atoms with Gasteiger partial charge in [0.05, 0.1) is 9.82 Å². The van der Waals surface area contributed by atoms with Gasteiger partial charge < -0.3 is 0 Å². The van der Waals surface area contributed by atoms with Gasteiger partial charge in [-0.3, -0.25) is 14.9 Å². The number of carbonyl (C=O) groups excluding carboxylic acids is 1. The monoisotopic (exact) mass is 278 g/mol. The lowest BCUT2D eigenvalue weighted by molar-refractivity contribution is -0.384. The number of halogens is 1. The van der Waals surface area contributed by atoms with E-state index in [4.69, 9.17) is 11.6 Å². The minimum atomic E-state index is -4.02. The molecule has 0 radical (unpaired) electrons. The average Bonchev–Trinajstić information content (AvgIpc) is 2.28. The van der Waals surface area contributed by atoms with E-state index in [0.29, 0.717) is 0 Å². The maximum absolute atomic E-state index is 11.5. The Bertz CT molecular complexity index is 540. The van der Waals surface area contributed by atoms with E-state index in [1.165, 1.54) is 0 Å². The number of hydrogen-bond donors (Lipinski definition) is 1. The number of alkyl halides is 1. The average molecular weight is 279 g/mol. The van der Waals surface area contributed by atoms with Crippen LogP contribution in [0.3, 0.4) is 0 Å². The summed E-state index contributed by atoms with van der Waals surface area (Å²) >= 11 is 5.15. The first-order valence-electron chi connectivity index (χ1n) is 4.23. The molecule has 0 atom stereocenters. The fourth-order valence-electron chi connectivity index (χ4n) is 0.983. The molecule has 0 aliphatic rings. The Hall–Kier alpha value is -1.67. The third-order valence-corrected chi connectivity index (χ3v) is 3.36. The van der Waals surface area contributed by atoms with Crippen LogP contribution in [0.2, 0.25) is 0 Å². The Morgan fingerprint density at radius 1 is 1.35 bits per heavy atom. The van der Waals surface area contributed by atoms with E-state index in [2.05, 4.69) is 0 Å². The summed E-state index contributed by atoms with van der Waals surface area (Å²) in [6.07, 6.45) is 0. The van der Waals surface area contributed by atoms with Crippen LogP contribution in [0, 0.1) is 10.1 Å². The highest BCUT2D eigenvalue weighted by molar-refractivity contribution is 7.90. The van der Waals surface area contributed by atoms with Crippen LogP contribution in [-0.2, 0) is 14.8 Å². The van der Waals surface area contributed by atoms with Gasteiger partial charge in [0.25, 0.3) is 15.7 Å². The second-order valence-electron chi connectivity index (χ2n) is 2.91. The molecule has 0 aliphatic carbocycles. The first kappa shape index (κ1) is 13.4. The number of benzene rings is 1. The molecule has 1 aromatic carbocycles. The zero-order valence-corrected chi connectivity index (χ0v) is 9.86. The van der Waals surface area contributed by atoms with Crippen LogP contribution >= 0.6 is 11.6 Å². The SMILES string of the molecule is O=C(CCl)NS(=O)(=O)c1ccc([N+](=O)[O-])cc1. The van der Waals surface area contributed by atoms with Gasteiger partial charge in [-0.05, 0) is 12.1 Å². The predicted octanol–water partition coefficient (Wildman–Crippen LogP) is 0.639. The maximum Gasteiger partial charge on any atom is 0.269 e. The number of nitrogens with zero attached hydrogens (tertiary/aromatic N) is 1. The molecule has 0 spiro atoms. The summed E-state index contributed by atoms with van der Waals surface area (Å²) in [4.78, 5) is 20.3. The van der Waals surface area contributed by atoms with Gasteiger partial charge in [-0.25, -0.2) is 13.1 Å². The predicted molar refractivity (Wildman–Crippen MR) is 59.1 cm³/mol. The fourth-order valence-corrected chi connectivity index (χ4v) is 2.11. The van der Waals surface area contributed by atoms with Gasteiger partial charge in [0.15, 0.2) is 0 Å². The van der Waals surface area contributed by atoms with E-state index in [1.54, 1.807) is 4.72 Å². The van der Waals surface area contributed by atoms with E-state index in [9.17, 15) is 23.3 Å². The highest BCUT2D eigenvalue weighted by atomic mass is 35.5. The third-order valence-electron chi connectivity index (χ3n) is 1.73. The Balaban J connectivity index is 3.00. The molecule has 17 heavy (non-hydrogen) atoms. The molecule has 92 valence electrons. The summed E-state index contributed by atoms with van der Waals surface area (Å²) in [6.45, 7) is 0. The molecule has 1 rings (SSSR count). The van der Waals surface area contributed by atoms with Gasteiger partial charge in [-0.1, -0.05) is 0 Å². The molecule has 1 N–H and O–H groups in total. The largest absolute Gasteiger partial charge is 0.273 e. The van der Waals surface area contributed by atoms with Crippen molar-refractivity contribution >= 4 is 33.2 Å². The lowest BCUT2D eigenvalue weighted by Gasteiger charge is -2.04. The first-order chi connectivity index (χ1) is 7.86. The second-order valence-corrected chi connectivity index (χ2v) is 4.86.